The van der Waals surface area contributed by atoms with Crippen molar-refractivity contribution in [3.8, 4) is 17.7 Å². The van der Waals surface area contributed by atoms with Crippen LogP contribution in [-0.2, 0) is 19.8 Å². The van der Waals surface area contributed by atoms with E-state index in [1.165, 1.54) is 18.1 Å². The van der Waals surface area contributed by atoms with Gasteiger partial charge in [-0.05, 0) is 72.3 Å². The molecule has 2 amide bonds. The summed E-state index contributed by atoms with van der Waals surface area (Å²) in [4.78, 5) is 36.1. The Morgan fingerprint density at radius 1 is 0.938 bits per heavy atom. The summed E-state index contributed by atoms with van der Waals surface area (Å²) in [5.74, 6) is 0.267. The molecular weight excluding hydrogens is 621 g/mol. The number of carbonyl (C=O) groups is 2. The number of piperazine rings is 1. The molecule has 3 aromatic carbocycles. The minimum atomic E-state index is -4.48. The summed E-state index contributed by atoms with van der Waals surface area (Å²) in [5.41, 5.74) is 2.93. The molecule has 0 atom stereocenters. The minimum Gasteiger partial charge on any atom is -0.439 e. The van der Waals surface area contributed by atoms with E-state index in [4.69, 9.17) is 10.00 Å². The van der Waals surface area contributed by atoms with E-state index in [0.29, 0.717) is 35.8 Å². The number of pyridine rings is 1. The van der Waals surface area contributed by atoms with Crippen LogP contribution < -0.4 is 9.64 Å². The summed E-state index contributed by atoms with van der Waals surface area (Å²) < 4.78 is 46.5. The van der Waals surface area contributed by atoms with Gasteiger partial charge in [0.1, 0.15) is 11.4 Å². The van der Waals surface area contributed by atoms with Crippen molar-refractivity contribution in [2.24, 2.45) is 7.05 Å². The lowest BCUT2D eigenvalue weighted by Crippen LogP contribution is -2.48. The van der Waals surface area contributed by atoms with Crippen LogP contribution in [0.2, 0.25) is 0 Å². The summed E-state index contributed by atoms with van der Waals surface area (Å²) in [6.45, 7) is 3.48. The largest absolute Gasteiger partial charge is 0.439 e. The van der Waals surface area contributed by atoms with E-state index in [1.807, 2.05) is 59.0 Å². The third kappa shape index (κ3) is 6.86. The van der Waals surface area contributed by atoms with Gasteiger partial charge >= 0.3 is 6.18 Å². The lowest BCUT2D eigenvalue weighted by atomic mass is 10.1. The van der Waals surface area contributed by atoms with E-state index in [1.54, 1.807) is 18.2 Å². The molecular formula is C36H31F3N6O3. The summed E-state index contributed by atoms with van der Waals surface area (Å²) in [6, 6.07) is 24.3. The van der Waals surface area contributed by atoms with Gasteiger partial charge in [-0.25, -0.2) is 4.98 Å². The van der Waals surface area contributed by atoms with Gasteiger partial charge in [-0.3, -0.25) is 14.5 Å². The number of amides is 2. The molecule has 0 unspecified atom stereocenters. The van der Waals surface area contributed by atoms with Crippen LogP contribution in [0, 0.1) is 11.3 Å². The van der Waals surface area contributed by atoms with Gasteiger partial charge in [-0.2, -0.15) is 18.4 Å². The van der Waals surface area contributed by atoms with Crippen molar-refractivity contribution in [1.82, 2.24) is 19.4 Å². The number of halogens is 3. The number of rotatable bonds is 7. The van der Waals surface area contributed by atoms with Crippen LogP contribution in [0.3, 0.4) is 0 Å². The predicted molar refractivity (Wildman–Crippen MR) is 174 cm³/mol. The Hall–Kier alpha value is -5.67. The number of aromatic nitrogens is 2. The van der Waals surface area contributed by atoms with Crippen LogP contribution in [-0.4, -0.2) is 64.4 Å². The van der Waals surface area contributed by atoms with Gasteiger partial charge in [0.05, 0.1) is 29.1 Å². The van der Waals surface area contributed by atoms with Gasteiger partial charge in [0.25, 0.3) is 11.8 Å². The van der Waals surface area contributed by atoms with E-state index in [9.17, 15) is 22.8 Å². The third-order valence-corrected chi connectivity index (χ3v) is 8.48. The molecule has 0 aliphatic carbocycles. The number of hydrogen-bond donors (Lipinski definition) is 0. The lowest BCUT2D eigenvalue weighted by molar-refractivity contribution is -0.137. The van der Waals surface area contributed by atoms with Crippen molar-refractivity contribution in [2.75, 3.05) is 38.1 Å². The monoisotopic (exact) mass is 652 g/mol. The number of hydrogen-bond acceptors (Lipinski definition) is 6. The number of anilines is 1. The Labute approximate surface area is 275 Å². The molecule has 3 heterocycles. The van der Waals surface area contributed by atoms with Crippen molar-refractivity contribution in [2.45, 2.75) is 12.7 Å². The number of nitriles is 1. The average molecular weight is 653 g/mol. The number of nitrogens with zero attached hydrogens (tertiary/aromatic N) is 6. The molecule has 0 radical (unpaired) electrons. The van der Waals surface area contributed by atoms with Crippen LogP contribution in [0.4, 0.5) is 18.9 Å². The lowest BCUT2D eigenvalue weighted by Gasteiger charge is -2.34. The first kappa shape index (κ1) is 32.3. The highest BCUT2D eigenvalue weighted by Gasteiger charge is 2.30. The number of aryl methyl sites for hydroxylation is 1. The normalized spacial score (nSPS) is 13.7. The molecule has 5 aromatic rings. The molecule has 0 bridgehead atoms. The van der Waals surface area contributed by atoms with E-state index in [-0.39, 0.29) is 17.4 Å². The fourth-order valence-corrected chi connectivity index (χ4v) is 5.67. The Balaban J connectivity index is 1.07. The third-order valence-electron chi connectivity index (χ3n) is 8.48. The molecule has 1 saturated heterocycles. The molecule has 6 rings (SSSR count). The topological polar surface area (TPSA) is 94.7 Å². The van der Waals surface area contributed by atoms with Gasteiger partial charge in [0.2, 0.25) is 5.88 Å². The molecule has 1 fully saturated rings. The highest BCUT2D eigenvalue weighted by molar-refractivity contribution is 6.05. The van der Waals surface area contributed by atoms with E-state index in [2.05, 4.69) is 16.0 Å². The molecule has 244 valence electrons. The van der Waals surface area contributed by atoms with Gasteiger partial charge in [-0.1, -0.05) is 12.1 Å². The molecule has 12 heteroatoms. The summed E-state index contributed by atoms with van der Waals surface area (Å²) in [5, 5.41) is 9.84. The molecule has 0 saturated carbocycles. The second-order valence-electron chi connectivity index (χ2n) is 11.6. The maximum atomic E-state index is 13.5. The van der Waals surface area contributed by atoms with Crippen molar-refractivity contribution in [3.63, 3.8) is 0 Å². The maximum Gasteiger partial charge on any atom is 0.416 e. The van der Waals surface area contributed by atoms with Crippen molar-refractivity contribution < 1.29 is 27.5 Å². The standard InChI is InChI=1S/C36H31F3N6O3/c1-42(34(46)26-7-9-28(10-8-26)36(37,38)39)29-11-14-33(41-22-29)48-30-12-13-31-27(19-30)20-32(43(31)2)35(47)45-17-15-44(16-18-45)23-25-5-3-24(21-40)4-6-25/h3-14,19-20,22H,15-18,23H2,1-2H3. The Bertz CT molecular complexity index is 1990. The molecule has 48 heavy (non-hydrogen) atoms. The second kappa shape index (κ2) is 13.2. The maximum absolute atomic E-state index is 13.5. The highest BCUT2D eigenvalue weighted by Crippen LogP contribution is 2.30. The number of alkyl halides is 3. The molecule has 2 aromatic heterocycles. The van der Waals surface area contributed by atoms with Crippen LogP contribution in [0.1, 0.15) is 37.5 Å². The van der Waals surface area contributed by atoms with Crippen LogP contribution in [0.25, 0.3) is 10.9 Å². The summed E-state index contributed by atoms with van der Waals surface area (Å²) >= 11 is 0. The Morgan fingerprint density at radius 3 is 2.27 bits per heavy atom. The molecule has 0 N–H and O–H groups in total. The minimum absolute atomic E-state index is 0.0404. The van der Waals surface area contributed by atoms with Crippen molar-refractivity contribution in [1.29, 1.82) is 5.26 Å². The molecule has 0 spiro atoms. The van der Waals surface area contributed by atoms with Crippen molar-refractivity contribution in [3.05, 3.63) is 119 Å². The van der Waals surface area contributed by atoms with Gasteiger partial charge in [0, 0.05) is 69.4 Å². The number of benzene rings is 3. The zero-order valence-corrected chi connectivity index (χ0v) is 26.2. The van der Waals surface area contributed by atoms with E-state index >= 15 is 0 Å². The van der Waals surface area contributed by atoms with Gasteiger partial charge in [0.15, 0.2) is 0 Å². The van der Waals surface area contributed by atoms with E-state index in [0.717, 1.165) is 60.4 Å². The number of carbonyl (C=O) groups excluding carboxylic acids is 2. The van der Waals surface area contributed by atoms with Crippen LogP contribution in [0.5, 0.6) is 11.6 Å². The van der Waals surface area contributed by atoms with Crippen LogP contribution >= 0.6 is 0 Å². The molecule has 1 aliphatic rings. The van der Waals surface area contributed by atoms with Crippen LogP contribution in [0.15, 0.2) is 91.1 Å². The smallest absolute Gasteiger partial charge is 0.416 e. The fourth-order valence-electron chi connectivity index (χ4n) is 5.67. The second-order valence-corrected chi connectivity index (χ2v) is 11.6. The fraction of sp³-hybridized carbons (Fsp3) is 0.222. The van der Waals surface area contributed by atoms with Crippen molar-refractivity contribution >= 4 is 28.4 Å². The van der Waals surface area contributed by atoms with E-state index < -0.39 is 17.6 Å². The first-order valence-electron chi connectivity index (χ1n) is 15.2. The Kier molecular flexibility index (Phi) is 8.88. The van der Waals surface area contributed by atoms with Gasteiger partial charge in [-0.15, -0.1) is 0 Å². The molecule has 9 nitrogen and oxygen atoms in total. The summed E-state index contributed by atoms with van der Waals surface area (Å²) in [6.07, 6.45) is -3.04. The summed E-state index contributed by atoms with van der Waals surface area (Å²) in [7, 11) is 3.37. The average Bonchev–Trinajstić information content (AvgIpc) is 3.43. The SMILES string of the molecule is CN(C(=O)c1ccc(C(F)(F)F)cc1)c1ccc(Oc2ccc3c(c2)cc(C(=O)N2CCN(Cc4ccc(C#N)cc4)CC2)n3C)nc1. The first-order chi connectivity index (χ1) is 23.0. The van der Waals surface area contributed by atoms with Gasteiger partial charge < -0.3 is 19.1 Å². The number of fused-ring (bicyclic) bond motifs is 1. The number of ether oxygens (including phenoxy) is 1. The predicted octanol–water partition coefficient (Wildman–Crippen LogP) is 6.49. The highest BCUT2D eigenvalue weighted by atomic mass is 19.4. The zero-order chi connectivity index (χ0) is 34.0. The zero-order valence-electron chi connectivity index (χ0n) is 26.2. The molecule has 1 aliphatic heterocycles. The first-order valence-corrected chi connectivity index (χ1v) is 15.2. The Morgan fingerprint density at radius 2 is 1.65 bits per heavy atom. The quantitative estimate of drug-likeness (QED) is 0.200.